The highest BCUT2D eigenvalue weighted by Gasteiger charge is 2.15. The highest BCUT2D eigenvalue weighted by atomic mass is 32.1. The smallest absolute Gasteiger partial charge is 0.321 e. The van der Waals surface area contributed by atoms with Crippen molar-refractivity contribution in [3.63, 3.8) is 0 Å². The summed E-state index contributed by atoms with van der Waals surface area (Å²) in [6.45, 7) is 4.44. The third kappa shape index (κ3) is 4.41. The molecule has 29 heavy (non-hydrogen) atoms. The largest absolute Gasteiger partial charge is 0.338 e. The van der Waals surface area contributed by atoms with E-state index < -0.39 is 0 Å². The van der Waals surface area contributed by atoms with Crippen molar-refractivity contribution in [2.75, 3.05) is 11.9 Å². The number of fused-ring (bicyclic) bond motifs is 1. The number of urea groups is 1. The Morgan fingerprint density at radius 3 is 2.69 bits per heavy atom. The lowest BCUT2D eigenvalue weighted by atomic mass is 10.0. The number of amides is 2. The van der Waals surface area contributed by atoms with Crippen molar-refractivity contribution in [1.29, 1.82) is 0 Å². The Hall–Kier alpha value is -3.32. The Balaban J connectivity index is 0.00000240. The lowest BCUT2D eigenvalue weighted by Crippen LogP contribution is -2.28. The summed E-state index contributed by atoms with van der Waals surface area (Å²) < 4.78 is 0.982. The van der Waals surface area contributed by atoms with E-state index in [0.717, 1.165) is 38.2 Å². The van der Waals surface area contributed by atoms with Gasteiger partial charge in [-0.1, -0.05) is 30.9 Å². The van der Waals surface area contributed by atoms with Crippen LogP contribution >= 0.6 is 11.3 Å². The number of benzene rings is 1. The number of thiazole rings is 1. The first-order chi connectivity index (χ1) is 13.6. The molecule has 7 heteroatoms. The third-order valence-corrected chi connectivity index (χ3v) is 5.25. The molecule has 0 aliphatic carbocycles. The van der Waals surface area contributed by atoms with E-state index in [0.29, 0.717) is 11.7 Å². The maximum absolute atomic E-state index is 11.9. The minimum Gasteiger partial charge on any atom is -0.338 e. The van der Waals surface area contributed by atoms with E-state index in [1.165, 1.54) is 11.3 Å². The van der Waals surface area contributed by atoms with Crippen molar-refractivity contribution in [2.24, 2.45) is 0 Å². The Morgan fingerprint density at radius 2 is 2.00 bits per heavy atom. The van der Waals surface area contributed by atoms with Crippen molar-refractivity contribution in [3.8, 4) is 22.4 Å². The quantitative estimate of drug-likeness (QED) is 0.469. The second-order valence-corrected chi connectivity index (χ2v) is 7.34. The van der Waals surface area contributed by atoms with Crippen LogP contribution in [0.2, 0.25) is 0 Å². The van der Waals surface area contributed by atoms with Crippen molar-refractivity contribution in [1.82, 2.24) is 20.3 Å². The van der Waals surface area contributed by atoms with Gasteiger partial charge in [-0.05, 0) is 49.2 Å². The minimum absolute atomic E-state index is 0. The summed E-state index contributed by atoms with van der Waals surface area (Å²) in [4.78, 5) is 25.3. The molecule has 0 saturated carbocycles. The molecule has 0 radical (unpaired) electrons. The number of aromatic nitrogens is 3. The van der Waals surface area contributed by atoms with E-state index in [1.807, 2.05) is 56.6 Å². The van der Waals surface area contributed by atoms with E-state index in [-0.39, 0.29) is 13.5 Å². The molecule has 4 aromatic rings. The SMILES string of the molecule is C.CCNC(=O)Nc1nc2cc(-c3cccnc3)cc(-c3ccc(C)cn3)c2s1. The number of nitrogens with one attached hydrogen (secondary N) is 2. The second-order valence-electron chi connectivity index (χ2n) is 6.34. The van der Waals surface area contributed by atoms with Gasteiger partial charge in [0.05, 0.1) is 15.9 Å². The van der Waals surface area contributed by atoms with Gasteiger partial charge in [-0.25, -0.2) is 9.78 Å². The van der Waals surface area contributed by atoms with E-state index in [1.54, 1.807) is 6.20 Å². The number of carbonyl (C=O) groups excluding carboxylic acids is 1. The Labute approximate surface area is 174 Å². The molecule has 3 heterocycles. The third-order valence-electron chi connectivity index (χ3n) is 4.23. The molecule has 6 nitrogen and oxygen atoms in total. The van der Waals surface area contributed by atoms with E-state index in [9.17, 15) is 4.79 Å². The van der Waals surface area contributed by atoms with Gasteiger partial charge < -0.3 is 5.32 Å². The molecule has 0 spiro atoms. The molecule has 0 aliphatic heterocycles. The number of hydrogen-bond acceptors (Lipinski definition) is 5. The maximum atomic E-state index is 11.9. The van der Waals surface area contributed by atoms with Gasteiger partial charge >= 0.3 is 6.03 Å². The zero-order chi connectivity index (χ0) is 19.5. The minimum atomic E-state index is -0.260. The maximum Gasteiger partial charge on any atom is 0.321 e. The van der Waals surface area contributed by atoms with E-state index >= 15 is 0 Å². The van der Waals surface area contributed by atoms with Crippen LogP contribution in [0.15, 0.2) is 55.0 Å². The average molecular weight is 406 g/mol. The number of hydrogen-bond donors (Lipinski definition) is 2. The van der Waals surface area contributed by atoms with Crippen molar-refractivity contribution < 1.29 is 4.79 Å². The Kier molecular flexibility index (Phi) is 6.19. The number of nitrogens with zero attached hydrogens (tertiary/aromatic N) is 3. The molecular weight excluding hydrogens is 382 g/mol. The Morgan fingerprint density at radius 1 is 1.14 bits per heavy atom. The standard InChI is InChI=1S/C21H19N5OS.CH4/c1-3-23-20(27)26-21-25-18-10-15(14-5-4-8-22-12-14)9-16(19(18)28-21)17-7-6-13(2)11-24-17;/h4-12H,3H2,1-2H3,(H2,23,25,26,27);1H4. The van der Waals surface area contributed by atoms with Gasteiger partial charge in [0, 0.05) is 36.3 Å². The van der Waals surface area contributed by atoms with Gasteiger partial charge in [0.1, 0.15) is 0 Å². The van der Waals surface area contributed by atoms with Crippen LogP contribution in [0.4, 0.5) is 9.93 Å². The van der Waals surface area contributed by atoms with Crippen molar-refractivity contribution in [3.05, 3.63) is 60.6 Å². The van der Waals surface area contributed by atoms with Crippen LogP contribution in [0.5, 0.6) is 0 Å². The molecule has 148 valence electrons. The molecule has 0 aliphatic rings. The fourth-order valence-corrected chi connectivity index (χ4v) is 3.87. The van der Waals surface area contributed by atoms with Crippen LogP contribution in [-0.4, -0.2) is 27.5 Å². The summed E-state index contributed by atoms with van der Waals surface area (Å²) in [7, 11) is 0. The topological polar surface area (TPSA) is 79.8 Å². The van der Waals surface area contributed by atoms with Gasteiger partial charge in [0.15, 0.2) is 5.13 Å². The molecule has 0 saturated heterocycles. The van der Waals surface area contributed by atoms with Crippen LogP contribution in [-0.2, 0) is 0 Å². The monoisotopic (exact) mass is 405 g/mol. The molecule has 1 aromatic carbocycles. The predicted molar refractivity (Wildman–Crippen MR) is 120 cm³/mol. The van der Waals surface area contributed by atoms with E-state index in [2.05, 4.69) is 31.7 Å². The van der Waals surface area contributed by atoms with Crippen LogP contribution in [0.25, 0.3) is 32.6 Å². The lowest BCUT2D eigenvalue weighted by molar-refractivity contribution is 0.252. The number of rotatable bonds is 4. The first-order valence-corrected chi connectivity index (χ1v) is 9.78. The van der Waals surface area contributed by atoms with E-state index in [4.69, 9.17) is 0 Å². The Bertz CT molecular complexity index is 1120. The first kappa shape index (κ1) is 20.4. The van der Waals surface area contributed by atoms with Crippen LogP contribution < -0.4 is 10.6 Å². The molecule has 2 amide bonds. The van der Waals surface area contributed by atoms with Crippen LogP contribution in [0, 0.1) is 6.92 Å². The number of pyridine rings is 2. The summed E-state index contributed by atoms with van der Waals surface area (Å²) in [6.07, 6.45) is 5.43. The molecular formula is C22H23N5OS. The van der Waals surface area contributed by atoms with Gasteiger partial charge in [-0.15, -0.1) is 0 Å². The summed E-state index contributed by atoms with van der Waals surface area (Å²) in [5.41, 5.74) is 5.78. The van der Waals surface area contributed by atoms with Gasteiger partial charge in [0.2, 0.25) is 0 Å². The first-order valence-electron chi connectivity index (χ1n) is 8.97. The molecule has 2 N–H and O–H groups in total. The number of aryl methyl sites for hydroxylation is 1. The van der Waals surface area contributed by atoms with Gasteiger partial charge in [-0.3, -0.25) is 15.3 Å². The molecule has 4 rings (SSSR count). The van der Waals surface area contributed by atoms with Crippen LogP contribution in [0.3, 0.4) is 0 Å². The summed E-state index contributed by atoms with van der Waals surface area (Å²) >= 11 is 1.44. The van der Waals surface area contributed by atoms with Gasteiger partial charge in [-0.2, -0.15) is 0 Å². The number of carbonyl (C=O) groups is 1. The highest BCUT2D eigenvalue weighted by molar-refractivity contribution is 7.22. The molecule has 0 bridgehead atoms. The summed E-state index contributed by atoms with van der Waals surface area (Å²) in [5, 5.41) is 6.08. The van der Waals surface area contributed by atoms with Crippen molar-refractivity contribution in [2.45, 2.75) is 21.3 Å². The fraction of sp³-hybridized carbons (Fsp3) is 0.182. The molecule has 0 atom stereocenters. The molecule has 3 aromatic heterocycles. The molecule has 0 unspecified atom stereocenters. The summed E-state index contributed by atoms with van der Waals surface area (Å²) in [6, 6.07) is 11.8. The zero-order valence-electron chi connectivity index (χ0n) is 15.6. The molecule has 0 fully saturated rings. The van der Waals surface area contributed by atoms with Crippen molar-refractivity contribution >= 4 is 32.7 Å². The second kappa shape index (κ2) is 8.79. The predicted octanol–water partition coefficient (Wildman–Crippen LogP) is 5.51. The fourth-order valence-electron chi connectivity index (χ4n) is 2.91. The van der Waals surface area contributed by atoms with Crippen LogP contribution in [0.1, 0.15) is 19.9 Å². The average Bonchev–Trinajstić information content (AvgIpc) is 3.11. The zero-order valence-corrected chi connectivity index (χ0v) is 16.4. The number of anilines is 1. The summed E-state index contributed by atoms with van der Waals surface area (Å²) in [5.74, 6) is 0. The lowest BCUT2D eigenvalue weighted by Gasteiger charge is -2.07. The van der Waals surface area contributed by atoms with Gasteiger partial charge in [0.25, 0.3) is 0 Å². The normalized spacial score (nSPS) is 10.4. The highest BCUT2D eigenvalue weighted by Crippen LogP contribution is 2.38.